The number of benzene rings is 1. The summed E-state index contributed by atoms with van der Waals surface area (Å²) < 4.78 is 12.9. The van der Waals surface area contributed by atoms with Crippen molar-refractivity contribution in [1.29, 1.82) is 0 Å². The Labute approximate surface area is 129 Å². The first-order valence-corrected chi connectivity index (χ1v) is 6.71. The molecule has 112 valence electrons. The van der Waals surface area contributed by atoms with E-state index in [0.717, 1.165) is 38.8 Å². The molecule has 0 unspecified atom stereocenters. The molecule has 0 aromatic heterocycles. The third-order valence-electron chi connectivity index (χ3n) is 3.10. The average Bonchev–Trinajstić information content (AvgIpc) is 2.39. The van der Waals surface area contributed by atoms with Gasteiger partial charge in [0.1, 0.15) is 5.82 Å². The Bertz CT molecular complexity index is 453. The number of halogens is 3. The second-order valence-corrected chi connectivity index (χ2v) is 4.88. The summed E-state index contributed by atoms with van der Waals surface area (Å²) in [4.78, 5) is 14.2. The molecule has 2 rings (SSSR count). The van der Waals surface area contributed by atoms with Crippen molar-refractivity contribution in [1.82, 2.24) is 15.5 Å². The minimum absolute atomic E-state index is 0. The lowest BCUT2D eigenvalue weighted by Gasteiger charge is -2.27. The van der Waals surface area contributed by atoms with Crippen molar-refractivity contribution in [3.8, 4) is 0 Å². The molecular weight excluding hydrogens is 304 g/mol. The van der Waals surface area contributed by atoms with Crippen molar-refractivity contribution in [3.05, 3.63) is 34.6 Å². The SMILES string of the molecule is Cl.O=C(NCCN1CCNCC1)c1ccc(F)cc1Cl. The van der Waals surface area contributed by atoms with Crippen LogP contribution in [0.3, 0.4) is 0 Å². The van der Waals surface area contributed by atoms with Crippen LogP contribution < -0.4 is 10.6 Å². The Morgan fingerprint density at radius 2 is 2.10 bits per heavy atom. The molecule has 2 N–H and O–H groups in total. The summed E-state index contributed by atoms with van der Waals surface area (Å²) in [6, 6.07) is 3.78. The fourth-order valence-corrected chi connectivity index (χ4v) is 2.28. The maximum Gasteiger partial charge on any atom is 0.252 e. The van der Waals surface area contributed by atoms with Gasteiger partial charge in [0.05, 0.1) is 10.6 Å². The highest BCUT2D eigenvalue weighted by Crippen LogP contribution is 2.16. The van der Waals surface area contributed by atoms with E-state index in [1.807, 2.05) is 0 Å². The topological polar surface area (TPSA) is 44.4 Å². The number of rotatable bonds is 4. The lowest BCUT2D eigenvalue weighted by molar-refractivity contribution is 0.0947. The molecular formula is C13H18Cl2FN3O. The molecule has 1 aromatic carbocycles. The first-order chi connectivity index (χ1) is 9.16. The van der Waals surface area contributed by atoms with Crippen LogP contribution in [0.2, 0.25) is 5.02 Å². The molecule has 0 bridgehead atoms. The van der Waals surface area contributed by atoms with Gasteiger partial charge in [0.25, 0.3) is 5.91 Å². The number of hydrogen-bond acceptors (Lipinski definition) is 3. The van der Waals surface area contributed by atoms with Gasteiger partial charge in [0.2, 0.25) is 0 Å². The molecule has 1 aliphatic heterocycles. The van der Waals surface area contributed by atoms with E-state index < -0.39 is 5.82 Å². The molecule has 0 aliphatic carbocycles. The molecule has 0 spiro atoms. The van der Waals surface area contributed by atoms with Gasteiger partial charge in [-0.1, -0.05) is 11.6 Å². The summed E-state index contributed by atoms with van der Waals surface area (Å²) in [5, 5.41) is 6.21. The summed E-state index contributed by atoms with van der Waals surface area (Å²) in [5.74, 6) is -0.706. The maximum absolute atomic E-state index is 12.9. The zero-order valence-electron chi connectivity index (χ0n) is 11.0. The van der Waals surface area contributed by atoms with Gasteiger partial charge in [-0.3, -0.25) is 9.69 Å². The molecule has 0 saturated carbocycles. The van der Waals surface area contributed by atoms with Crippen molar-refractivity contribution in [2.24, 2.45) is 0 Å². The van der Waals surface area contributed by atoms with Gasteiger partial charge >= 0.3 is 0 Å². The minimum Gasteiger partial charge on any atom is -0.351 e. The Kier molecular flexibility index (Phi) is 7.23. The predicted molar refractivity (Wildman–Crippen MR) is 80.3 cm³/mol. The van der Waals surface area contributed by atoms with Crippen molar-refractivity contribution in [2.75, 3.05) is 39.3 Å². The van der Waals surface area contributed by atoms with Crippen LogP contribution in [-0.4, -0.2) is 50.1 Å². The van der Waals surface area contributed by atoms with E-state index >= 15 is 0 Å². The van der Waals surface area contributed by atoms with E-state index in [1.54, 1.807) is 0 Å². The lowest BCUT2D eigenvalue weighted by atomic mass is 10.2. The van der Waals surface area contributed by atoms with Gasteiger partial charge in [0.15, 0.2) is 0 Å². The van der Waals surface area contributed by atoms with Gasteiger partial charge in [-0.2, -0.15) is 0 Å². The highest BCUT2D eigenvalue weighted by molar-refractivity contribution is 6.33. The molecule has 20 heavy (non-hydrogen) atoms. The maximum atomic E-state index is 12.9. The van der Waals surface area contributed by atoms with E-state index in [0.29, 0.717) is 12.1 Å². The van der Waals surface area contributed by atoms with Crippen LogP contribution in [0.15, 0.2) is 18.2 Å². The quantitative estimate of drug-likeness (QED) is 0.884. The molecule has 1 aromatic rings. The lowest BCUT2D eigenvalue weighted by Crippen LogP contribution is -2.46. The van der Waals surface area contributed by atoms with E-state index in [2.05, 4.69) is 15.5 Å². The smallest absolute Gasteiger partial charge is 0.252 e. The number of nitrogens with zero attached hydrogens (tertiary/aromatic N) is 1. The number of amides is 1. The third kappa shape index (κ3) is 4.90. The van der Waals surface area contributed by atoms with Crippen LogP contribution in [-0.2, 0) is 0 Å². The summed E-state index contributed by atoms with van der Waals surface area (Å²) in [6.45, 7) is 5.33. The molecule has 1 heterocycles. The number of carbonyl (C=O) groups is 1. The first-order valence-electron chi connectivity index (χ1n) is 6.33. The van der Waals surface area contributed by atoms with E-state index in [9.17, 15) is 9.18 Å². The molecule has 1 fully saturated rings. The predicted octanol–water partition coefficient (Wildman–Crippen LogP) is 1.54. The highest BCUT2D eigenvalue weighted by atomic mass is 35.5. The summed E-state index contributed by atoms with van der Waals surface area (Å²) in [5.41, 5.74) is 0.309. The van der Waals surface area contributed by atoms with Crippen molar-refractivity contribution >= 4 is 29.9 Å². The van der Waals surface area contributed by atoms with Crippen molar-refractivity contribution < 1.29 is 9.18 Å². The van der Waals surface area contributed by atoms with Crippen LogP contribution >= 0.6 is 24.0 Å². The molecule has 0 atom stereocenters. The van der Waals surface area contributed by atoms with Crippen LogP contribution in [0.25, 0.3) is 0 Å². The van der Waals surface area contributed by atoms with Crippen LogP contribution in [0.4, 0.5) is 4.39 Å². The minimum atomic E-state index is -0.442. The van der Waals surface area contributed by atoms with Crippen LogP contribution in [0.1, 0.15) is 10.4 Å². The Morgan fingerprint density at radius 1 is 1.40 bits per heavy atom. The zero-order valence-corrected chi connectivity index (χ0v) is 12.6. The summed E-state index contributed by atoms with van der Waals surface area (Å²) >= 11 is 5.83. The largest absolute Gasteiger partial charge is 0.351 e. The van der Waals surface area contributed by atoms with Crippen molar-refractivity contribution in [3.63, 3.8) is 0 Å². The zero-order chi connectivity index (χ0) is 13.7. The molecule has 1 saturated heterocycles. The Balaban J connectivity index is 0.00000200. The Hall–Kier alpha value is -0.880. The average molecular weight is 322 g/mol. The second-order valence-electron chi connectivity index (χ2n) is 4.47. The Morgan fingerprint density at radius 3 is 2.75 bits per heavy atom. The second kappa shape index (κ2) is 8.42. The standard InChI is InChI=1S/C13H17ClFN3O.ClH/c14-12-9-10(15)1-2-11(12)13(19)17-5-8-18-6-3-16-4-7-18;/h1-2,9,16H,3-8H2,(H,17,19);1H. The van der Waals surface area contributed by atoms with E-state index in [1.165, 1.54) is 12.1 Å². The number of hydrogen-bond donors (Lipinski definition) is 2. The van der Waals surface area contributed by atoms with E-state index in [4.69, 9.17) is 11.6 Å². The molecule has 4 nitrogen and oxygen atoms in total. The van der Waals surface area contributed by atoms with Gasteiger partial charge in [-0.15, -0.1) is 12.4 Å². The van der Waals surface area contributed by atoms with E-state index in [-0.39, 0.29) is 23.3 Å². The number of nitrogens with one attached hydrogen (secondary N) is 2. The summed E-state index contributed by atoms with van der Waals surface area (Å²) in [6.07, 6.45) is 0. The van der Waals surface area contributed by atoms with Gasteiger partial charge in [-0.05, 0) is 18.2 Å². The van der Waals surface area contributed by atoms with Crippen molar-refractivity contribution in [2.45, 2.75) is 0 Å². The molecule has 1 amide bonds. The van der Waals surface area contributed by atoms with Gasteiger partial charge in [0, 0.05) is 39.3 Å². The third-order valence-corrected chi connectivity index (χ3v) is 3.41. The molecule has 7 heteroatoms. The van der Waals surface area contributed by atoms with Crippen LogP contribution in [0, 0.1) is 5.82 Å². The number of piperazine rings is 1. The number of carbonyl (C=O) groups excluding carboxylic acids is 1. The van der Waals surface area contributed by atoms with Crippen LogP contribution in [0.5, 0.6) is 0 Å². The fraction of sp³-hybridized carbons (Fsp3) is 0.462. The normalized spacial score (nSPS) is 15.5. The molecule has 0 radical (unpaired) electrons. The fourth-order valence-electron chi connectivity index (χ4n) is 2.03. The molecule has 1 aliphatic rings. The monoisotopic (exact) mass is 321 g/mol. The highest BCUT2D eigenvalue weighted by Gasteiger charge is 2.12. The first kappa shape index (κ1) is 17.2. The van der Waals surface area contributed by atoms with Gasteiger partial charge < -0.3 is 10.6 Å². The summed E-state index contributed by atoms with van der Waals surface area (Å²) in [7, 11) is 0. The van der Waals surface area contributed by atoms with Gasteiger partial charge in [-0.25, -0.2) is 4.39 Å².